The molecule has 2 rings (SSSR count). The van der Waals surface area contributed by atoms with E-state index in [1.165, 1.54) is 11.3 Å². The third kappa shape index (κ3) is 3.51. The van der Waals surface area contributed by atoms with Gasteiger partial charge in [0.2, 0.25) is 0 Å². The van der Waals surface area contributed by atoms with Crippen LogP contribution in [0.2, 0.25) is 8.67 Å². The summed E-state index contributed by atoms with van der Waals surface area (Å²) in [6.45, 7) is 5.99. The first-order chi connectivity index (χ1) is 9.15. The Morgan fingerprint density at radius 3 is 2.74 bits per heavy atom. The van der Waals surface area contributed by atoms with Crippen molar-refractivity contribution in [3.8, 4) is 0 Å². The van der Waals surface area contributed by atoms with E-state index in [1.807, 2.05) is 16.9 Å². The van der Waals surface area contributed by atoms with Crippen LogP contribution in [0.25, 0.3) is 0 Å². The molecule has 19 heavy (non-hydrogen) atoms. The lowest BCUT2D eigenvalue weighted by molar-refractivity contribution is 0.597. The summed E-state index contributed by atoms with van der Waals surface area (Å²) in [4.78, 5) is 0. The molecule has 6 heteroatoms. The Morgan fingerprint density at radius 2 is 2.21 bits per heavy atom. The number of aromatic nitrogens is 2. The number of nitrogens with zero attached hydrogens (tertiary/aromatic N) is 2. The second-order valence-electron chi connectivity index (χ2n) is 4.30. The monoisotopic (exact) mass is 317 g/mol. The average Bonchev–Trinajstić information content (AvgIpc) is 2.97. The van der Waals surface area contributed by atoms with E-state index >= 15 is 0 Å². The SMILES string of the molecule is CCCNC(c1cnn(CC)c1)c1cc(Cl)sc1Cl. The second-order valence-corrected chi connectivity index (χ2v) is 6.58. The fraction of sp³-hybridized carbons (Fsp3) is 0.462. The first kappa shape index (κ1) is 14.9. The zero-order chi connectivity index (χ0) is 13.8. The molecule has 1 N–H and O–H groups in total. The maximum atomic E-state index is 6.28. The molecular formula is C13H17Cl2N3S. The molecule has 1 unspecified atom stereocenters. The Morgan fingerprint density at radius 1 is 1.42 bits per heavy atom. The third-order valence-corrected chi connectivity index (χ3v) is 4.42. The second kappa shape index (κ2) is 6.75. The van der Waals surface area contributed by atoms with Crippen LogP contribution < -0.4 is 5.32 Å². The number of nitrogens with one attached hydrogen (secondary N) is 1. The van der Waals surface area contributed by atoms with Gasteiger partial charge in [-0.2, -0.15) is 5.10 Å². The molecule has 104 valence electrons. The fourth-order valence-electron chi connectivity index (χ4n) is 1.95. The van der Waals surface area contributed by atoms with Crippen LogP contribution in [0.5, 0.6) is 0 Å². The van der Waals surface area contributed by atoms with E-state index in [-0.39, 0.29) is 6.04 Å². The van der Waals surface area contributed by atoms with Crippen LogP contribution in [-0.4, -0.2) is 16.3 Å². The molecule has 2 heterocycles. The lowest BCUT2D eigenvalue weighted by Gasteiger charge is -2.16. The summed E-state index contributed by atoms with van der Waals surface area (Å²) in [7, 11) is 0. The minimum absolute atomic E-state index is 0.0523. The number of rotatable bonds is 6. The van der Waals surface area contributed by atoms with Crippen molar-refractivity contribution in [2.45, 2.75) is 32.9 Å². The van der Waals surface area contributed by atoms with Gasteiger partial charge < -0.3 is 5.32 Å². The normalized spacial score (nSPS) is 12.8. The molecule has 0 aliphatic heterocycles. The van der Waals surface area contributed by atoms with Crippen molar-refractivity contribution in [1.82, 2.24) is 15.1 Å². The first-order valence-electron chi connectivity index (χ1n) is 6.36. The van der Waals surface area contributed by atoms with Crippen molar-refractivity contribution in [2.24, 2.45) is 0 Å². The highest BCUT2D eigenvalue weighted by molar-refractivity contribution is 7.20. The molecule has 2 aromatic heterocycles. The lowest BCUT2D eigenvalue weighted by Crippen LogP contribution is -2.22. The molecule has 0 aliphatic rings. The van der Waals surface area contributed by atoms with Gasteiger partial charge in [-0.1, -0.05) is 30.1 Å². The maximum Gasteiger partial charge on any atom is 0.0995 e. The topological polar surface area (TPSA) is 29.9 Å². The number of halogens is 2. The smallest absolute Gasteiger partial charge is 0.0995 e. The molecule has 0 saturated heterocycles. The van der Waals surface area contributed by atoms with Gasteiger partial charge in [-0.05, 0) is 26.0 Å². The largest absolute Gasteiger partial charge is 0.306 e. The van der Waals surface area contributed by atoms with Crippen LogP contribution in [0.3, 0.4) is 0 Å². The summed E-state index contributed by atoms with van der Waals surface area (Å²) < 4.78 is 3.37. The van der Waals surface area contributed by atoms with Crippen LogP contribution in [-0.2, 0) is 6.54 Å². The van der Waals surface area contributed by atoms with Crippen LogP contribution in [0.15, 0.2) is 18.5 Å². The van der Waals surface area contributed by atoms with E-state index < -0.39 is 0 Å². The van der Waals surface area contributed by atoms with Crippen LogP contribution in [0, 0.1) is 0 Å². The minimum atomic E-state index is 0.0523. The molecule has 1 atom stereocenters. The highest BCUT2D eigenvalue weighted by Crippen LogP contribution is 2.37. The highest BCUT2D eigenvalue weighted by atomic mass is 35.5. The third-order valence-electron chi connectivity index (χ3n) is 2.90. The predicted molar refractivity (Wildman–Crippen MR) is 82.4 cm³/mol. The van der Waals surface area contributed by atoms with Crippen molar-refractivity contribution in [2.75, 3.05) is 6.54 Å². The Balaban J connectivity index is 2.32. The highest BCUT2D eigenvalue weighted by Gasteiger charge is 2.20. The Labute approximate surface area is 127 Å². The average molecular weight is 318 g/mol. The Hall–Kier alpha value is -0.550. The van der Waals surface area contributed by atoms with E-state index in [4.69, 9.17) is 23.2 Å². The molecule has 3 nitrogen and oxygen atoms in total. The molecule has 0 spiro atoms. The molecule has 0 aliphatic carbocycles. The molecule has 0 bridgehead atoms. The van der Waals surface area contributed by atoms with E-state index in [9.17, 15) is 0 Å². The molecular weight excluding hydrogens is 301 g/mol. The summed E-state index contributed by atoms with van der Waals surface area (Å²) in [6.07, 6.45) is 5.00. The first-order valence-corrected chi connectivity index (χ1v) is 7.93. The van der Waals surface area contributed by atoms with Crippen molar-refractivity contribution < 1.29 is 0 Å². The quantitative estimate of drug-likeness (QED) is 0.857. The van der Waals surface area contributed by atoms with E-state index in [2.05, 4.69) is 30.5 Å². The van der Waals surface area contributed by atoms with E-state index in [0.717, 1.165) is 35.0 Å². The van der Waals surface area contributed by atoms with Crippen LogP contribution in [0.1, 0.15) is 37.4 Å². The van der Waals surface area contributed by atoms with Gasteiger partial charge in [-0.15, -0.1) is 11.3 Å². The Kier molecular flexibility index (Phi) is 5.28. The van der Waals surface area contributed by atoms with Gasteiger partial charge in [0.15, 0.2) is 0 Å². The van der Waals surface area contributed by atoms with Crippen molar-refractivity contribution in [1.29, 1.82) is 0 Å². The van der Waals surface area contributed by atoms with Crippen LogP contribution in [0.4, 0.5) is 0 Å². The molecule has 0 saturated carbocycles. The van der Waals surface area contributed by atoms with Gasteiger partial charge in [-0.25, -0.2) is 0 Å². The molecule has 0 fully saturated rings. The summed E-state index contributed by atoms with van der Waals surface area (Å²) in [6, 6.07) is 1.99. The summed E-state index contributed by atoms with van der Waals surface area (Å²) in [5.74, 6) is 0. The van der Waals surface area contributed by atoms with Crippen molar-refractivity contribution in [3.63, 3.8) is 0 Å². The lowest BCUT2D eigenvalue weighted by atomic mass is 10.0. The van der Waals surface area contributed by atoms with Crippen LogP contribution >= 0.6 is 34.5 Å². The van der Waals surface area contributed by atoms with Crippen molar-refractivity contribution in [3.05, 3.63) is 38.3 Å². The van der Waals surface area contributed by atoms with Gasteiger partial charge in [0, 0.05) is 23.9 Å². The number of aryl methyl sites for hydroxylation is 1. The zero-order valence-corrected chi connectivity index (χ0v) is 13.3. The molecule has 0 amide bonds. The van der Waals surface area contributed by atoms with Gasteiger partial charge in [-0.3, -0.25) is 4.68 Å². The van der Waals surface area contributed by atoms with Gasteiger partial charge >= 0.3 is 0 Å². The minimum Gasteiger partial charge on any atom is -0.306 e. The number of hydrogen-bond donors (Lipinski definition) is 1. The molecule has 2 aromatic rings. The van der Waals surface area contributed by atoms with Gasteiger partial charge in [0.1, 0.15) is 0 Å². The summed E-state index contributed by atoms with van der Waals surface area (Å²) >= 11 is 13.7. The summed E-state index contributed by atoms with van der Waals surface area (Å²) in [5, 5.41) is 7.83. The fourth-order valence-corrected chi connectivity index (χ4v) is 3.48. The Bertz CT molecular complexity index is 536. The standard InChI is InChI=1S/C13H17Cl2N3S/c1-3-5-16-12(9-7-17-18(4-2)8-9)10-6-11(14)19-13(10)15/h6-8,12,16H,3-5H2,1-2H3. The zero-order valence-electron chi connectivity index (χ0n) is 11.0. The molecule has 0 aromatic carbocycles. The summed E-state index contributed by atoms with van der Waals surface area (Å²) in [5.41, 5.74) is 2.15. The maximum absolute atomic E-state index is 6.28. The van der Waals surface area contributed by atoms with E-state index in [0.29, 0.717) is 4.34 Å². The number of hydrogen-bond acceptors (Lipinski definition) is 3. The van der Waals surface area contributed by atoms with Gasteiger partial charge in [0.05, 0.1) is 20.9 Å². The van der Waals surface area contributed by atoms with E-state index in [1.54, 1.807) is 0 Å². The predicted octanol–water partition coefficient (Wildman–Crippen LogP) is 4.36. The number of thiophene rings is 1. The van der Waals surface area contributed by atoms with Gasteiger partial charge in [0.25, 0.3) is 0 Å². The van der Waals surface area contributed by atoms with Crippen molar-refractivity contribution >= 4 is 34.5 Å². The molecule has 0 radical (unpaired) electrons.